The molecule has 1 unspecified atom stereocenters. The van der Waals surface area contributed by atoms with Crippen LogP contribution in [0, 0.1) is 0 Å². The van der Waals surface area contributed by atoms with Gasteiger partial charge in [-0.1, -0.05) is 12.1 Å². The minimum Gasteiger partial charge on any atom is -0.353 e. The molecule has 1 atom stereocenters. The Morgan fingerprint density at radius 3 is 2.68 bits per heavy atom. The highest BCUT2D eigenvalue weighted by atomic mass is 127. The molecule has 2 amide bonds. The molecule has 2 fully saturated rings. The summed E-state index contributed by atoms with van der Waals surface area (Å²) in [6.07, 6.45) is 2.72. The molecule has 0 saturated carbocycles. The Kier molecular flexibility index (Phi) is 8.35. The Hall–Kier alpha value is -1.56. The minimum absolute atomic E-state index is 0. The van der Waals surface area contributed by atoms with Crippen LogP contribution in [0.1, 0.15) is 24.8 Å². The van der Waals surface area contributed by atoms with Crippen LogP contribution in [0.5, 0.6) is 0 Å². The first-order valence-electron chi connectivity index (χ1n) is 9.28. The van der Waals surface area contributed by atoms with Crippen LogP contribution in [-0.2, 0) is 16.4 Å². The summed E-state index contributed by atoms with van der Waals surface area (Å²) < 4.78 is 23.1. The van der Waals surface area contributed by atoms with Crippen molar-refractivity contribution < 1.29 is 13.2 Å². The van der Waals surface area contributed by atoms with Crippen LogP contribution in [-0.4, -0.2) is 63.0 Å². The summed E-state index contributed by atoms with van der Waals surface area (Å²) in [5.41, 5.74) is 1.76. The molecule has 1 aromatic carbocycles. The van der Waals surface area contributed by atoms with Gasteiger partial charge in [0.1, 0.15) is 0 Å². The van der Waals surface area contributed by atoms with E-state index in [4.69, 9.17) is 0 Å². The standard InChI is InChI=1S/C18H27N5O3S.HI/c1-19-17(21-16-7-10-27(25,26)13-16)20-12-14-5-4-6-15(11-14)22-18(24)23-8-2-3-9-23;/h4-6,11,16H,2-3,7-10,12-13H2,1H3,(H,22,24)(H2,19,20,21);1H. The molecule has 0 aromatic heterocycles. The fourth-order valence-electron chi connectivity index (χ4n) is 3.36. The van der Waals surface area contributed by atoms with Crippen LogP contribution < -0.4 is 16.0 Å². The number of likely N-dealkylation sites (tertiary alicyclic amines) is 1. The lowest BCUT2D eigenvalue weighted by molar-refractivity contribution is 0.222. The van der Waals surface area contributed by atoms with Crippen LogP contribution >= 0.6 is 24.0 Å². The Labute approximate surface area is 183 Å². The lowest BCUT2D eigenvalue weighted by Crippen LogP contribution is -2.43. The van der Waals surface area contributed by atoms with Gasteiger partial charge < -0.3 is 20.9 Å². The van der Waals surface area contributed by atoms with Gasteiger partial charge in [-0.15, -0.1) is 24.0 Å². The van der Waals surface area contributed by atoms with E-state index in [1.54, 1.807) is 7.05 Å². The van der Waals surface area contributed by atoms with Crippen LogP contribution in [0.15, 0.2) is 29.3 Å². The number of carbonyl (C=O) groups excluding carboxylic acids is 1. The Bertz CT molecular complexity index is 809. The average Bonchev–Trinajstić information content (AvgIpc) is 3.28. The molecule has 0 bridgehead atoms. The van der Waals surface area contributed by atoms with Crippen molar-refractivity contribution in [3.05, 3.63) is 29.8 Å². The highest BCUT2D eigenvalue weighted by Crippen LogP contribution is 2.14. The molecule has 1 aromatic rings. The van der Waals surface area contributed by atoms with Crippen LogP contribution in [0.3, 0.4) is 0 Å². The zero-order chi connectivity index (χ0) is 19.3. The van der Waals surface area contributed by atoms with E-state index in [1.807, 2.05) is 29.2 Å². The van der Waals surface area contributed by atoms with Crippen molar-refractivity contribution in [3.63, 3.8) is 0 Å². The number of nitrogens with zero attached hydrogens (tertiary/aromatic N) is 2. The van der Waals surface area contributed by atoms with Gasteiger partial charge >= 0.3 is 6.03 Å². The van der Waals surface area contributed by atoms with E-state index in [-0.39, 0.29) is 47.6 Å². The molecular weight excluding hydrogens is 493 g/mol. The van der Waals surface area contributed by atoms with Gasteiger partial charge in [0.25, 0.3) is 0 Å². The van der Waals surface area contributed by atoms with Gasteiger partial charge in [0, 0.05) is 38.4 Å². The van der Waals surface area contributed by atoms with Gasteiger partial charge in [0.05, 0.1) is 11.5 Å². The molecule has 2 saturated heterocycles. The number of sulfone groups is 1. The topological polar surface area (TPSA) is 103 Å². The van der Waals surface area contributed by atoms with E-state index in [2.05, 4.69) is 20.9 Å². The first-order chi connectivity index (χ1) is 12.9. The van der Waals surface area contributed by atoms with E-state index < -0.39 is 9.84 Å². The summed E-state index contributed by atoms with van der Waals surface area (Å²) in [6.45, 7) is 2.14. The van der Waals surface area contributed by atoms with Gasteiger partial charge in [-0.25, -0.2) is 13.2 Å². The van der Waals surface area contributed by atoms with Crippen molar-refractivity contribution in [2.75, 3.05) is 37.0 Å². The maximum atomic E-state index is 12.2. The Balaban J connectivity index is 0.00000280. The lowest BCUT2D eigenvalue weighted by Gasteiger charge is -2.17. The number of benzene rings is 1. The number of hydrogen-bond acceptors (Lipinski definition) is 4. The van der Waals surface area contributed by atoms with Crippen molar-refractivity contribution in [1.29, 1.82) is 0 Å². The summed E-state index contributed by atoms with van der Waals surface area (Å²) >= 11 is 0. The van der Waals surface area contributed by atoms with Crippen LogP contribution in [0.4, 0.5) is 10.5 Å². The number of anilines is 1. The molecule has 10 heteroatoms. The molecular formula is C18H28IN5O3S. The van der Waals surface area contributed by atoms with E-state index >= 15 is 0 Å². The van der Waals surface area contributed by atoms with Crippen molar-refractivity contribution >= 4 is 51.5 Å². The van der Waals surface area contributed by atoms with E-state index in [1.165, 1.54) is 0 Å². The number of nitrogens with one attached hydrogen (secondary N) is 3. The van der Waals surface area contributed by atoms with Gasteiger partial charge in [-0.05, 0) is 37.0 Å². The highest BCUT2D eigenvalue weighted by Gasteiger charge is 2.28. The van der Waals surface area contributed by atoms with Crippen molar-refractivity contribution in [2.45, 2.75) is 31.8 Å². The van der Waals surface area contributed by atoms with Crippen LogP contribution in [0.2, 0.25) is 0 Å². The number of rotatable bonds is 4. The second-order valence-electron chi connectivity index (χ2n) is 6.99. The number of guanidine groups is 1. The van der Waals surface area contributed by atoms with Gasteiger partial charge in [-0.3, -0.25) is 4.99 Å². The molecule has 0 aliphatic carbocycles. The summed E-state index contributed by atoms with van der Waals surface area (Å²) in [4.78, 5) is 18.2. The largest absolute Gasteiger partial charge is 0.353 e. The number of hydrogen-bond donors (Lipinski definition) is 3. The smallest absolute Gasteiger partial charge is 0.321 e. The third-order valence-electron chi connectivity index (χ3n) is 4.83. The zero-order valence-electron chi connectivity index (χ0n) is 16.0. The predicted molar refractivity (Wildman–Crippen MR) is 122 cm³/mol. The third-order valence-corrected chi connectivity index (χ3v) is 6.60. The molecule has 8 nitrogen and oxygen atoms in total. The number of aliphatic imine (C=N–C) groups is 1. The number of urea groups is 1. The van der Waals surface area contributed by atoms with E-state index in [0.717, 1.165) is 37.2 Å². The fraction of sp³-hybridized carbons (Fsp3) is 0.556. The van der Waals surface area contributed by atoms with Crippen molar-refractivity contribution in [3.8, 4) is 0 Å². The molecule has 2 heterocycles. The third kappa shape index (κ3) is 6.50. The maximum Gasteiger partial charge on any atom is 0.321 e. The first-order valence-corrected chi connectivity index (χ1v) is 11.1. The lowest BCUT2D eigenvalue weighted by atomic mass is 10.2. The SMILES string of the molecule is CN=C(NCc1cccc(NC(=O)N2CCCC2)c1)NC1CCS(=O)(=O)C1.I. The second kappa shape index (κ2) is 10.3. The summed E-state index contributed by atoms with van der Waals surface area (Å²) in [5, 5.41) is 9.30. The normalized spacial score (nSPS) is 21.1. The quantitative estimate of drug-likeness (QED) is 0.319. The monoisotopic (exact) mass is 521 g/mol. The number of amides is 2. The number of carbonyl (C=O) groups is 1. The molecule has 0 spiro atoms. The highest BCUT2D eigenvalue weighted by molar-refractivity contribution is 14.0. The van der Waals surface area contributed by atoms with Crippen molar-refractivity contribution in [1.82, 2.24) is 15.5 Å². The summed E-state index contributed by atoms with van der Waals surface area (Å²) in [6, 6.07) is 7.49. The fourth-order valence-corrected chi connectivity index (χ4v) is 5.04. The van der Waals surface area contributed by atoms with Crippen LogP contribution in [0.25, 0.3) is 0 Å². The molecule has 2 aliphatic rings. The second-order valence-corrected chi connectivity index (χ2v) is 9.22. The molecule has 3 N–H and O–H groups in total. The van der Waals surface area contributed by atoms with E-state index in [9.17, 15) is 13.2 Å². The maximum absolute atomic E-state index is 12.2. The van der Waals surface area contributed by atoms with E-state index in [0.29, 0.717) is 18.9 Å². The molecule has 156 valence electrons. The minimum atomic E-state index is -2.93. The molecule has 2 aliphatic heterocycles. The summed E-state index contributed by atoms with van der Waals surface area (Å²) in [5.74, 6) is 0.940. The average molecular weight is 521 g/mol. The van der Waals surface area contributed by atoms with Gasteiger partial charge in [0.2, 0.25) is 0 Å². The zero-order valence-corrected chi connectivity index (χ0v) is 19.1. The van der Waals surface area contributed by atoms with Gasteiger partial charge in [-0.2, -0.15) is 0 Å². The predicted octanol–water partition coefficient (Wildman–Crippen LogP) is 1.78. The molecule has 0 radical (unpaired) electrons. The summed E-state index contributed by atoms with van der Waals surface area (Å²) in [7, 11) is -1.27. The Morgan fingerprint density at radius 2 is 2.04 bits per heavy atom. The van der Waals surface area contributed by atoms with Crippen molar-refractivity contribution in [2.24, 2.45) is 4.99 Å². The van der Waals surface area contributed by atoms with Gasteiger partial charge in [0.15, 0.2) is 15.8 Å². The Morgan fingerprint density at radius 1 is 1.29 bits per heavy atom. The number of halogens is 1. The molecule has 28 heavy (non-hydrogen) atoms. The molecule has 3 rings (SSSR count). The first kappa shape index (κ1) is 22.7.